The van der Waals surface area contributed by atoms with Gasteiger partial charge in [-0.25, -0.2) is 4.79 Å². The second-order valence-corrected chi connectivity index (χ2v) is 6.28. The molecule has 5 heteroatoms. The molecule has 1 aliphatic heterocycles. The predicted molar refractivity (Wildman–Crippen MR) is 73.8 cm³/mol. The summed E-state index contributed by atoms with van der Waals surface area (Å²) in [5, 5.41) is 2.51. The van der Waals surface area contributed by atoms with Crippen LogP contribution in [0, 0.1) is 5.92 Å². The van der Waals surface area contributed by atoms with Crippen molar-refractivity contribution in [1.82, 2.24) is 15.1 Å². The van der Waals surface area contributed by atoms with Gasteiger partial charge in [0.05, 0.1) is 0 Å². The molecular formula is C14H25N3O2. The molecule has 1 aliphatic carbocycles. The smallest absolute Gasteiger partial charge is 0.310 e. The van der Waals surface area contributed by atoms with Gasteiger partial charge >= 0.3 is 6.03 Å². The highest BCUT2D eigenvalue weighted by molar-refractivity contribution is 6.07. The Morgan fingerprint density at radius 3 is 2.53 bits per heavy atom. The number of amides is 3. The van der Waals surface area contributed by atoms with Crippen molar-refractivity contribution in [3.05, 3.63) is 0 Å². The number of nitrogens with one attached hydrogen (secondary N) is 1. The third kappa shape index (κ3) is 2.76. The maximum atomic E-state index is 12.2. The molecular weight excluding hydrogens is 242 g/mol. The highest BCUT2D eigenvalue weighted by Gasteiger charge is 2.53. The highest BCUT2D eigenvalue weighted by Crippen LogP contribution is 2.39. The van der Waals surface area contributed by atoms with Crippen LogP contribution in [0.2, 0.25) is 0 Å². The van der Waals surface area contributed by atoms with Crippen molar-refractivity contribution < 1.29 is 9.59 Å². The van der Waals surface area contributed by atoms with Crippen LogP contribution in [0.15, 0.2) is 0 Å². The molecule has 0 aromatic heterocycles. The van der Waals surface area contributed by atoms with E-state index in [-0.39, 0.29) is 11.9 Å². The summed E-state index contributed by atoms with van der Waals surface area (Å²) in [6, 6.07) is -0.196. The van der Waals surface area contributed by atoms with Crippen molar-refractivity contribution in [2.45, 2.75) is 44.6 Å². The summed E-state index contributed by atoms with van der Waals surface area (Å²) in [7, 11) is 4.04. The molecule has 1 N–H and O–H groups in total. The number of hydrogen-bond donors (Lipinski definition) is 1. The number of rotatable bonds is 4. The number of urea groups is 1. The molecule has 0 unspecified atom stereocenters. The van der Waals surface area contributed by atoms with Crippen molar-refractivity contribution in [3.8, 4) is 0 Å². The third-order valence-electron chi connectivity index (χ3n) is 4.49. The average Bonchev–Trinajstić information content (AvgIpc) is 2.56. The quantitative estimate of drug-likeness (QED) is 0.784. The molecule has 1 saturated heterocycles. The maximum Gasteiger partial charge on any atom is 0.325 e. The summed E-state index contributed by atoms with van der Waals surface area (Å²) in [5.74, 6) is 0.590. The van der Waals surface area contributed by atoms with Gasteiger partial charge in [-0.15, -0.1) is 0 Å². The molecule has 2 rings (SSSR count). The second kappa shape index (κ2) is 5.49. The van der Waals surface area contributed by atoms with Crippen molar-refractivity contribution >= 4 is 11.9 Å². The SMILES string of the molecule is CC1CCC2(CC1)C(=O)NC(=O)N2CCCN(C)C. The standard InChI is InChI=1S/C14H25N3O2/c1-11-5-7-14(8-6-11)12(18)15-13(19)17(14)10-4-9-16(2)3/h11H,4-10H2,1-3H3,(H,15,18,19). The summed E-state index contributed by atoms with van der Waals surface area (Å²) in [6.07, 6.45) is 4.60. The van der Waals surface area contributed by atoms with Crippen LogP contribution >= 0.6 is 0 Å². The van der Waals surface area contributed by atoms with Gasteiger partial charge < -0.3 is 9.80 Å². The summed E-state index contributed by atoms with van der Waals surface area (Å²) < 4.78 is 0. The molecule has 0 bridgehead atoms. The van der Waals surface area contributed by atoms with Crippen LogP contribution < -0.4 is 5.32 Å². The van der Waals surface area contributed by atoms with Crippen molar-refractivity contribution in [2.75, 3.05) is 27.2 Å². The topological polar surface area (TPSA) is 52.7 Å². The van der Waals surface area contributed by atoms with Gasteiger partial charge in [0.25, 0.3) is 5.91 Å². The molecule has 1 spiro atoms. The molecule has 5 nitrogen and oxygen atoms in total. The Labute approximate surface area is 115 Å². The fourth-order valence-electron chi connectivity index (χ4n) is 3.20. The summed E-state index contributed by atoms with van der Waals surface area (Å²) in [6.45, 7) is 3.83. The lowest BCUT2D eigenvalue weighted by molar-refractivity contribution is -0.128. The minimum atomic E-state index is -0.546. The average molecular weight is 267 g/mol. The molecule has 1 heterocycles. The van der Waals surface area contributed by atoms with E-state index in [1.165, 1.54) is 0 Å². The summed E-state index contributed by atoms with van der Waals surface area (Å²) in [4.78, 5) is 28.1. The molecule has 0 aromatic carbocycles. The predicted octanol–water partition coefficient (Wildman–Crippen LogP) is 1.44. The minimum Gasteiger partial charge on any atom is -0.310 e. The van der Waals surface area contributed by atoms with Crippen LogP contribution in [-0.2, 0) is 4.79 Å². The Hall–Kier alpha value is -1.10. The Bertz CT molecular complexity index is 360. The van der Waals surface area contributed by atoms with E-state index in [2.05, 4.69) is 17.1 Å². The largest absolute Gasteiger partial charge is 0.325 e. The van der Waals surface area contributed by atoms with Gasteiger partial charge in [-0.2, -0.15) is 0 Å². The second-order valence-electron chi connectivity index (χ2n) is 6.28. The van der Waals surface area contributed by atoms with Gasteiger partial charge in [-0.05, 0) is 58.7 Å². The fraction of sp³-hybridized carbons (Fsp3) is 0.857. The molecule has 2 fully saturated rings. The molecule has 0 atom stereocenters. The molecule has 0 radical (unpaired) electrons. The van der Waals surface area contributed by atoms with Gasteiger partial charge in [-0.3, -0.25) is 10.1 Å². The van der Waals surface area contributed by atoms with Crippen LogP contribution in [0.5, 0.6) is 0 Å². The molecule has 1 saturated carbocycles. The van der Waals surface area contributed by atoms with E-state index in [1.54, 1.807) is 4.90 Å². The van der Waals surface area contributed by atoms with Crippen LogP contribution in [-0.4, -0.2) is 54.5 Å². The Morgan fingerprint density at radius 1 is 1.32 bits per heavy atom. The first-order valence-corrected chi connectivity index (χ1v) is 7.23. The molecule has 0 aromatic rings. The van der Waals surface area contributed by atoms with Crippen LogP contribution in [0.25, 0.3) is 0 Å². The first-order chi connectivity index (χ1) is 8.95. The maximum absolute atomic E-state index is 12.2. The summed E-state index contributed by atoms with van der Waals surface area (Å²) >= 11 is 0. The van der Waals surface area contributed by atoms with Crippen LogP contribution in [0.3, 0.4) is 0 Å². The first kappa shape index (κ1) is 14.3. The van der Waals surface area contributed by atoms with Gasteiger partial charge in [0.15, 0.2) is 0 Å². The van der Waals surface area contributed by atoms with Gasteiger partial charge in [0, 0.05) is 6.54 Å². The van der Waals surface area contributed by atoms with Crippen LogP contribution in [0.4, 0.5) is 4.79 Å². The monoisotopic (exact) mass is 267 g/mol. The number of carbonyl (C=O) groups is 2. The van der Waals surface area contributed by atoms with Gasteiger partial charge in [0.1, 0.15) is 5.54 Å². The lowest BCUT2D eigenvalue weighted by Crippen LogP contribution is -2.52. The zero-order valence-corrected chi connectivity index (χ0v) is 12.2. The number of hydrogen-bond acceptors (Lipinski definition) is 3. The minimum absolute atomic E-state index is 0.0748. The third-order valence-corrected chi connectivity index (χ3v) is 4.49. The van der Waals surface area contributed by atoms with Crippen molar-refractivity contribution in [1.29, 1.82) is 0 Å². The molecule has 108 valence electrons. The first-order valence-electron chi connectivity index (χ1n) is 7.23. The zero-order valence-electron chi connectivity index (χ0n) is 12.2. The van der Waals surface area contributed by atoms with E-state index >= 15 is 0 Å². The zero-order chi connectivity index (χ0) is 14.0. The number of nitrogens with zero attached hydrogens (tertiary/aromatic N) is 2. The van der Waals surface area contributed by atoms with Crippen molar-refractivity contribution in [2.24, 2.45) is 5.92 Å². The Morgan fingerprint density at radius 2 is 1.95 bits per heavy atom. The molecule has 19 heavy (non-hydrogen) atoms. The van der Waals surface area contributed by atoms with Gasteiger partial charge in [0.2, 0.25) is 0 Å². The lowest BCUT2D eigenvalue weighted by atomic mass is 9.76. The van der Waals surface area contributed by atoms with Crippen LogP contribution in [0.1, 0.15) is 39.0 Å². The van der Waals surface area contributed by atoms with E-state index in [9.17, 15) is 9.59 Å². The number of carbonyl (C=O) groups excluding carboxylic acids is 2. The molecule has 2 aliphatic rings. The lowest BCUT2D eigenvalue weighted by Gasteiger charge is -2.40. The molecule has 3 amide bonds. The summed E-state index contributed by atoms with van der Waals surface area (Å²) in [5.41, 5.74) is -0.546. The van der Waals surface area contributed by atoms with E-state index < -0.39 is 5.54 Å². The number of imide groups is 1. The van der Waals surface area contributed by atoms with Crippen molar-refractivity contribution in [3.63, 3.8) is 0 Å². The van der Waals surface area contributed by atoms with E-state index in [4.69, 9.17) is 0 Å². The normalized spacial score (nSPS) is 31.4. The van der Waals surface area contributed by atoms with E-state index in [0.717, 1.165) is 38.6 Å². The van der Waals surface area contributed by atoms with E-state index in [1.807, 2.05) is 14.1 Å². The highest BCUT2D eigenvalue weighted by atomic mass is 16.2. The van der Waals surface area contributed by atoms with Gasteiger partial charge in [-0.1, -0.05) is 6.92 Å². The Balaban J connectivity index is 2.05. The fourth-order valence-corrected chi connectivity index (χ4v) is 3.20. The van der Waals surface area contributed by atoms with E-state index in [0.29, 0.717) is 12.5 Å². The Kier molecular flexibility index (Phi) is 4.13.